The fourth-order valence-corrected chi connectivity index (χ4v) is 4.65. The largest absolute Gasteiger partial charge is 0.294 e. The van der Waals surface area contributed by atoms with Crippen LogP contribution < -0.4 is 4.90 Å². The Morgan fingerprint density at radius 3 is 2.29 bits per heavy atom. The third kappa shape index (κ3) is 3.30. The highest BCUT2D eigenvalue weighted by molar-refractivity contribution is 6.07. The van der Waals surface area contributed by atoms with Crippen molar-refractivity contribution in [2.24, 2.45) is 5.41 Å². The minimum absolute atomic E-state index is 0.0707. The molecule has 1 heterocycles. The molecule has 2 aromatic carbocycles. The quantitative estimate of drug-likeness (QED) is 0.700. The molecular weight excluding hydrogens is 346 g/mol. The van der Waals surface area contributed by atoms with Gasteiger partial charge in [0.25, 0.3) is 0 Å². The van der Waals surface area contributed by atoms with Gasteiger partial charge in [-0.1, -0.05) is 55.8 Å². The first-order chi connectivity index (χ1) is 13.2. The van der Waals surface area contributed by atoms with Gasteiger partial charge < -0.3 is 0 Å². The zero-order valence-corrected chi connectivity index (χ0v) is 17.1. The first kappa shape index (κ1) is 18.7. The predicted octanol–water partition coefficient (Wildman–Crippen LogP) is 5.47. The van der Waals surface area contributed by atoms with E-state index < -0.39 is 0 Å². The summed E-state index contributed by atoms with van der Waals surface area (Å²) >= 11 is 0. The molecule has 3 nitrogen and oxygen atoms in total. The van der Waals surface area contributed by atoms with Crippen molar-refractivity contribution in [2.45, 2.75) is 52.9 Å². The van der Waals surface area contributed by atoms with Crippen LogP contribution in [0.5, 0.6) is 0 Å². The molecule has 0 fully saturated rings. The minimum atomic E-state index is -0.146. The molecule has 1 aliphatic carbocycles. The van der Waals surface area contributed by atoms with Crippen LogP contribution in [0.3, 0.4) is 0 Å². The number of benzene rings is 2. The molecule has 0 aromatic heterocycles. The monoisotopic (exact) mass is 373 g/mol. The minimum Gasteiger partial charge on any atom is -0.294 e. The number of carbonyl (C=O) groups is 2. The third-order valence-corrected chi connectivity index (χ3v) is 5.85. The van der Waals surface area contributed by atoms with Crippen molar-refractivity contribution in [1.82, 2.24) is 0 Å². The molecule has 0 N–H and O–H groups in total. The molecule has 1 amide bonds. The van der Waals surface area contributed by atoms with Gasteiger partial charge in [-0.05, 0) is 48.9 Å². The first-order valence-electron chi connectivity index (χ1n) is 9.98. The molecule has 0 bridgehead atoms. The highest BCUT2D eigenvalue weighted by atomic mass is 16.2. The fraction of sp³-hybridized carbons (Fsp3) is 0.360. The topological polar surface area (TPSA) is 37.4 Å². The molecule has 2 aromatic rings. The number of Topliss-reactive ketones (excluding diaryl/α,β-unsaturated/α-hetero) is 1. The SMILES string of the molecule is Cc1cccc(C2CC(=O)N(c3cccc(C)c3)C3=C2C(=O)CC(C)(C)C3)c1. The second kappa shape index (κ2) is 6.73. The lowest BCUT2D eigenvalue weighted by Gasteiger charge is -2.43. The zero-order chi connectivity index (χ0) is 20.1. The Bertz CT molecular complexity index is 999. The lowest BCUT2D eigenvalue weighted by Crippen LogP contribution is -2.43. The average Bonchev–Trinajstić information content (AvgIpc) is 2.59. The van der Waals surface area contributed by atoms with Crippen LogP contribution in [0.1, 0.15) is 55.7 Å². The number of carbonyl (C=O) groups excluding carboxylic acids is 2. The summed E-state index contributed by atoms with van der Waals surface area (Å²) in [4.78, 5) is 28.4. The van der Waals surface area contributed by atoms with E-state index in [0.29, 0.717) is 12.8 Å². The van der Waals surface area contributed by atoms with Gasteiger partial charge in [0, 0.05) is 35.7 Å². The molecule has 3 heteroatoms. The molecular formula is C25H27NO2. The molecule has 28 heavy (non-hydrogen) atoms. The van der Waals surface area contributed by atoms with E-state index in [1.54, 1.807) is 0 Å². The van der Waals surface area contributed by atoms with E-state index >= 15 is 0 Å². The summed E-state index contributed by atoms with van der Waals surface area (Å²) in [7, 11) is 0. The Balaban J connectivity index is 1.91. The molecule has 0 saturated heterocycles. The number of ketones is 1. The van der Waals surface area contributed by atoms with Gasteiger partial charge in [-0.3, -0.25) is 14.5 Å². The summed E-state index contributed by atoms with van der Waals surface area (Å²) in [5.41, 5.74) is 5.78. The predicted molar refractivity (Wildman–Crippen MR) is 112 cm³/mol. The van der Waals surface area contributed by atoms with Crippen LogP contribution in [-0.4, -0.2) is 11.7 Å². The molecule has 0 saturated carbocycles. The first-order valence-corrected chi connectivity index (χ1v) is 9.98. The molecule has 1 aliphatic heterocycles. The van der Waals surface area contributed by atoms with E-state index in [1.165, 1.54) is 0 Å². The Morgan fingerprint density at radius 1 is 0.929 bits per heavy atom. The number of rotatable bonds is 2. The lowest BCUT2D eigenvalue weighted by atomic mass is 9.69. The zero-order valence-electron chi connectivity index (χ0n) is 17.1. The van der Waals surface area contributed by atoms with Crippen molar-refractivity contribution in [3.8, 4) is 0 Å². The van der Waals surface area contributed by atoms with Crippen molar-refractivity contribution in [2.75, 3.05) is 4.90 Å². The number of nitrogens with zero attached hydrogens (tertiary/aromatic N) is 1. The fourth-order valence-electron chi connectivity index (χ4n) is 4.65. The number of anilines is 1. The number of hydrogen-bond donors (Lipinski definition) is 0. The van der Waals surface area contributed by atoms with Crippen LogP contribution in [0.4, 0.5) is 5.69 Å². The van der Waals surface area contributed by atoms with Crippen molar-refractivity contribution < 1.29 is 9.59 Å². The van der Waals surface area contributed by atoms with Gasteiger partial charge in [-0.25, -0.2) is 0 Å². The van der Waals surface area contributed by atoms with Crippen LogP contribution in [0.25, 0.3) is 0 Å². The maximum absolute atomic E-state index is 13.3. The summed E-state index contributed by atoms with van der Waals surface area (Å²) in [6.45, 7) is 8.31. The van der Waals surface area contributed by atoms with Gasteiger partial charge in [-0.15, -0.1) is 0 Å². The highest BCUT2D eigenvalue weighted by Gasteiger charge is 2.44. The van der Waals surface area contributed by atoms with Crippen LogP contribution in [0, 0.1) is 19.3 Å². The maximum atomic E-state index is 13.3. The molecule has 0 radical (unpaired) electrons. The number of amides is 1. The van der Waals surface area contributed by atoms with E-state index in [-0.39, 0.29) is 23.0 Å². The smallest absolute Gasteiger partial charge is 0.232 e. The second-order valence-electron chi connectivity index (χ2n) is 9.04. The molecule has 2 aliphatic rings. The molecule has 1 unspecified atom stereocenters. The summed E-state index contributed by atoms with van der Waals surface area (Å²) in [6.07, 6.45) is 1.60. The average molecular weight is 373 g/mol. The van der Waals surface area contributed by atoms with Gasteiger partial charge in [0.1, 0.15) is 0 Å². The normalized spacial score (nSPS) is 21.7. The van der Waals surface area contributed by atoms with Crippen LogP contribution >= 0.6 is 0 Å². The van der Waals surface area contributed by atoms with Crippen LogP contribution in [0.15, 0.2) is 59.8 Å². The van der Waals surface area contributed by atoms with E-state index in [9.17, 15) is 9.59 Å². The highest BCUT2D eigenvalue weighted by Crippen LogP contribution is 2.48. The third-order valence-electron chi connectivity index (χ3n) is 5.85. The number of allylic oxidation sites excluding steroid dienone is 2. The molecule has 4 rings (SSSR count). The Morgan fingerprint density at radius 2 is 1.61 bits per heavy atom. The van der Waals surface area contributed by atoms with Crippen molar-refractivity contribution in [3.63, 3.8) is 0 Å². The van der Waals surface area contributed by atoms with Gasteiger partial charge in [0.2, 0.25) is 5.91 Å². The standard InChI is InChI=1S/C25H27NO2/c1-16-7-5-9-18(11-16)20-13-23(28)26(19-10-6-8-17(2)12-19)21-14-25(3,4)15-22(27)24(20)21/h5-12,20H,13-15H2,1-4H3. The Kier molecular flexibility index (Phi) is 4.49. The molecule has 0 spiro atoms. The number of hydrogen-bond acceptors (Lipinski definition) is 2. The van der Waals surface area contributed by atoms with Crippen LogP contribution in [-0.2, 0) is 9.59 Å². The number of aryl methyl sites for hydroxylation is 2. The lowest BCUT2D eigenvalue weighted by molar-refractivity contribution is -0.121. The van der Waals surface area contributed by atoms with E-state index in [4.69, 9.17) is 0 Å². The summed E-state index contributed by atoms with van der Waals surface area (Å²) < 4.78 is 0. The second-order valence-corrected chi connectivity index (χ2v) is 9.04. The van der Waals surface area contributed by atoms with E-state index in [2.05, 4.69) is 19.9 Å². The Hall–Kier alpha value is -2.68. The maximum Gasteiger partial charge on any atom is 0.232 e. The van der Waals surface area contributed by atoms with Crippen molar-refractivity contribution in [3.05, 3.63) is 76.5 Å². The molecule has 144 valence electrons. The van der Waals surface area contributed by atoms with Crippen molar-refractivity contribution in [1.29, 1.82) is 0 Å². The Labute approximate surface area is 167 Å². The summed E-state index contributed by atoms with van der Waals surface area (Å²) in [6, 6.07) is 16.2. The van der Waals surface area contributed by atoms with Gasteiger partial charge in [0.05, 0.1) is 0 Å². The van der Waals surface area contributed by atoms with Crippen molar-refractivity contribution >= 4 is 17.4 Å². The summed E-state index contributed by atoms with van der Waals surface area (Å²) in [5, 5.41) is 0. The van der Waals surface area contributed by atoms with E-state index in [0.717, 1.165) is 40.1 Å². The van der Waals surface area contributed by atoms with Gasteiger partial charge in [-0.2, -0.15) is 0 Å². The van der Waals surface area contributed by atoms with Crippen LogP contribution in [0.2, 0.25) is 0 Å². The van der Waals surface area contributed by atoms with Gasteiger partial charge >= 0.3 is 0 Å². The molecule has 1 atom stereocenters. The summed E-state index contributed by atoms with van der Waals surface area (Å²) in [5.74, 6) is 0.108. The van der Waals surface area contributed by atoms with Gasteiger partial charge in [0.15, 0.2) is 5.78 Å². The van der Waals surface area contributed by atoms with E-state index in [1.807, 2.05) is 61.2 Å².